The lowest BCUT2D eigenvalue weighted by Gasteiger charge is -2.15. The largest absolute Gasteiger partial charge is 0.352 e. The second-order valence-electron chi connectivity index (χ2n) is 7.66. The van der Waals surface area contributed by atoms with E-state index in [1.807, 2.05) is 28.4 Å². The van der Waals surface area contributed by atoms with Crippen molar-refractivity contribution in [3.8, 4) is 5.69 Å². The zero-order valence-electron chi connectivity index (χ0n) is 19.1. The summed E-state index contributed by atoms with van der Waals surface area (Å²) in [4.78, 5) is 8.37. The van der Waals surface area contributed by atoms with Crippen molar-refractivity contribution in [2.24, 2.45) is 4.99 Å². The van der Waals surface area contributed by atoms with E-state index in [1.54, 1.807) is 19.7 Å². The highest BCUT2D eigenvalue weighted by Crippen LogP contribution is 2.17. The maximum absolute atomic E-state index is 4.63. The number of benzene rings is 2. The number of halogens is 1. The van der Waals surface area contributed by atoms with Crippen LogP contribution in [0, 0.1) is 13.8 Å². The molecule has 2 heterocycles. The highest BCUT2D eigenvalue weighted by Gasteiger charge is 2.09. The van der Waals surface area contributed by atoms with Gasteiger partial charge in [-0.2, -0.15) is 10.2 Å². The molecule has 2 aromatic carbocycles. The van der Waals surface area contributed by atoms with Crippen LogP contribution in [0.15, 0.2) is 72.2 Å². The van der Waals surface area contributed by atoms with Gasteiger partial charge in [-0.05, 0) is 42.7 Å². The van der Waals surface area contributed by atoms with Crippen molar-refractivity contribution >= 4 is 29.9 Å². The molecule has 4 aromatic rings. The molecule has 0 unspecified atom stereocenters. The Kier molecular flexibility index (Phi) is 8.58. The summed E-state index contributed by atoms with van der Waals surface area (Å²) in [6.07, 6.45) is 3.27. The molecule has 0 aliphatic heterocycles. The summed E-state index contributed by atoms with van der Waals surface area (Å²) in [6.45, 7) is 6.09. The van der Waals surface area contributed by atoms with Gasteiger partial charge in [0, 0.05) is 25.8 Å². The van der Waals surface area contributed by atoms with Crippen molar-refractivity contribution in [2.75, 3.05) is 7.05 Å². The van der Waals surface area contributed by atoms with Crippen LogP contribution in [0.25, 0.3) is 5.69 Å². The SMILES string of the molecule is CN=C(NCc1cccc(Cn2cncn2)c1)NCc1ccccc1-n1nc(C)cc1C.I. The van der Waals surface area contributed by atoms with Gasteiger partial charge in [-0.3, -0.25) is 4.99 Å². The predicted octanol–water partition coefficient (Wildman–Crippen LogP) is 3.61. The van der Waals surface area contributed by atoms with Gasteiger partial charge in [0.15, 0.2) is 5.96 Å². The van der Waals surface area contributed by atoms with E-state index in [2.05, 4.69) is 80.2 Å². The number of aliphatic imine (C=N–C) groups is 1. The summed E-state index contributed by atoms with van der Waals surface area (Å²) in [6, 6.07) is 18.8. The number of aromatic nitrogens is 5. The fourth-order valence-corrected chi connectivity index (χ4v) is 3.66. The Morgan fingerprint density at radius 1 is 0.970 bits per heavy atom. The van der Waals surface area contributed by atoms with E-state index in [0.29, 0.717) is 19.6 Å². The Hall–Kier alpha value is -3.21. The first kappa shape index (κ1) is 24.4. The van der Waals surface area contributed by atoms with E-state index in [0.717, 1.165) is 28.6 Å². The highest BCUT2D eigenvalue weighted by molar-refractivity contribution is 14.0. The zero-order chi connectivity index (χ0) is 22.3. The van der Waals surface area contributed by atoms with Gasteiger partial charge in [0.05, 0.1) is 17.9 Å². The number of rotatable bonds is 7. The van der Waals surface area contributed by atoms with Crippen molar-refractivity contribution in [3.05, 3.63) is 95.3 Å². The summed E-state index contributed by atoms with van der Waals surface area (Å²) in [5, 5.41) is 15.6. The van der Waals surface area contributed by atoms with Crippen LogP contribution in [0.2, 0.25) is 0 Å². The summed E-state index contributed by atoms with van der Waals surface area (Å²) in [5.74, 6) is 0.745. The predicted molar refractivity (Wildman–Crippen MR) is 141 cm³/mol. The van der Waals surface area contributed by atoms with Gasteiger partial charge in [0.25, 0.3) is 0 Å². The van der Waals surface area contributed by atoms with Gasteiger partial charge >= 0.3 is 0 Å². The minimum Gasteiger partial charge on any atom is -0.352 e. The Morgan fingerprint density at radius 2 is 1.76 bits per heavy atom. The van der Waals surface area contributed by atoms with Gasteiger partial charge < -0.3 is 10.6 Å². The number of nitrogens with zero attached hydrogens (tertiary/aromatic N) is 6. The van der Waals surface area contributed by atoms with Crippen molar-refractivity contribution in [1.29, 1.82) is 0 Å². The molecule has 0 saturated carbocycles. The fourth-order valence-electron chi connectivity index (χ4n) is 3.66. The standard InChI is InChI=1S/C24H28N8.HI/c1-18-11-19(2)32(30-18)23-10-5-4-9-22(23)14-28-24(25-3)27-13-20-7-6-8-21(12-20)15-31-17-26-16-29-31;/h4-12,16-17H,13-15H2,1-3H3,(H2,25,27,28);1H. The van der Waals surface area contributed by atoms with Gasteiger partial charge in [-0.1, -0.05) is 42.5 Å². The number of aryl methyl sites for hydroxylation is 2. The van der Waals surface area contributed by atoms with Crippen LogP contribution >= 0.6 is 24.0 Å². The van der Waals surface area contributed by atoms with Crippen LogP contribution in [0.4, 0.5) is 0 Å². The third kappa shape index (κ3) is 6.41. The second-order valence-corrected chi connectivity index (χ2v) is 7.66. The second kappa shape index (κ2) is 11.6. The molecular formula is C24H29IN8. The van der Waals surface area contributed by atoms with Gasteiger partial charge in [-0.15, -0.1) is 24.0 Å². The van der Waals surface area contributed by atoms with E-state index in [4.69, 9.17) is 0 Å². The molecule has 8 nitrogen and oxygen atoms in total. The molecule has 0 atom stereocenters. The molecule has 0 aliphatic carbocycles. The third-order valence-electron chi connectivity index (χ3n) is 5.16. The molecule has 0 spiro atoms. The van der Waals surface area contributed by atoms with E-state index in [-0.39, 0.29) is 24.0 Å². The van der Waals surface area contributed by atoms with Gasteiger partial charge in [0.2, 0.25) is 0 Å². The molecule has 0 radical (unpaired) electrons. The number of para-hydroxylation sites is 1. The van der Waals surface area contributed by atoms with Crippen molar-refractivity contribution in [3.63, 3.8) is 0 Å². The zero-order valence-corrected chi connectivity index (χ0v) is 21.4. The molecule has 0 amide bonds. The number of hydrogen-bond donors (Lipinski definition) is 2. The lowest BCUT2D eigenvalue weighted by molar-refractivity contribution is 0.683. The van der Waals surface area contributed by atoms with Crippen molar-refractivity contribution in [1.82, 2.24) is 35.2 Å². The maximum Gasteiger partial charge on any atom is 0.191 e. The lowest BCUT2D eigenvalue weighted by atomic mass is 10.1. The Balaban J connectivity index is 0.00000306. The molecule has 2 N–H and O–H groups in total. The van der Waals surface area contributed by atoms with Crippen LogP contribution in [0.3, 0.4) is 0 Å². The number of hydrogen-bond acceptors (Lipinski definition) is 4. The number of nitrogens with one attached hydrogen (secondary N) is 2. The highest BCUT2D eigenvalue weighted by atomic mass is 127. The topological polar surface area (TPSA) is 85.0 Å². The summed E-state index contributed by atoms with van der Waals surface area (Å²) in [7, 11) is 1.78. The molecule has 4 rings (SSSR count). The quantitative estimate of drug-likeness (QED) is 0.207. The minimum absolute atomic E-state index is 0. The summed E-state index contributed by atoms with van der Waals surface area (Å²) in [5.41, 5.74) is 6.69. The van der Waals surface area contributed by atoms with Crippen molar-refractivity contribution in [2.45, 2.75) is 33.5 Å². The van der Waals surface area contributed by atoms with Gasteiger partial charge in [0.1, 0.15) is 12.7 Å². The van der Waals surface area contributed by atoms with Crippen LogP contribution < -0.4 is 10.6 Å². The van der Waals surface area contributed by atoms with Gasteiger partial charge in [-0.25, -0.2) is 14.3 Å². The summed E-state index contributed by atoms with van der Waals surface area (Å²) < 4.78 is 3.80. The smallest absolute Gasteiger partial charge is 0.191 e. The normalized spacial score (nSPS) is 11.2. The monoisotopic (exact) mass is 556 g/mol. The molecule has 9 heteroatoms. The van der Waals surface area contributed by atoms with Crippen LogP contribution in [-0.4, -0.2) is 37.6 Å². The van der Waals surface area contributed by atoms with E-state index in [1.165, 1.54) is 11.1 Å². The maximum atomic E-state index is 4.63. The van der Waals surface area contributed by atoms with Crippen LogP contribution in [0.5, 0.6) is 0 Å². The van der Waals surface area contributed by atoms with E-state index < -0.39 is 0 Å². The molecule has 33 heavy (non-hydrogen) atoms. The van der Waals surface area contributed by atoms with Crippen LogP contribution in [-0.2, 0) is 19.6 Å². The molecule has 0 bridgehead atoms. The molecular weight excluding hydrogens is 527 g/mol. The first-order valence-electron chi connectivity index (χ1n) is 10.6. The molecule has 0 saturated heterocycles. The number of guanidine groups is 1. The average molecular weight is 556 g/mol. The summed E-state index contributed by atoms with van der Waals surface area (Å²) >= 11 is 0. The Labute approximate surface area is 211 Å². The first-order valence-corrected chi connectivity index (χ1v) is 10.6. The molecule has 0 aliphatic rings. The van der Waals surface area contributed by atoms with E-state index >= 15 is 0 Å². The minimum atomic E-state index is 0. The molecule has 172 valence electrons. The molecule has 2 aromatic heterocycles. The Bertz CT molecular complexity index is 1200. The third-order valence-corrected chi connectivity index (χ3v) is 5.16. The molecule has 0 fully saturated rings. The Morgan fingerprint density at radius 3 is 2.48 bits per heavy atom. The fraction of sp³-hybridized carbons (Fsp3) is 0.250. The first-order chi connectivity index (χ1) is 15.6. The average Bonchev–Trinajstić information content (AvgIpc) is 3.43. The van der Waals surface area contributed by atoms with Crippen LogP contribution in [0.1, 0.15) is 28.1 Å². The van der Waals surface area contributed by atoms with Crippen molar-refractivity contribution < 1.29 is 0 Å². The van der Waals surface area contributed by atoms with E-state index in [9.17, 15) is 0 Å². The lowest BCUT2D eigenvalue weighted by Crippen LogP contribution is -2.36.